The number of ether oxygens (including phenoxy) is 3. The highest BCUT2D eigenvalue weighted by Crippen LogP contribution is 2.34. The molecule has 1 N–H and O–H groups in total. The van der Waals surface area contributed by atoms with Crippen LogP contribution in [0.3, 0.4) is 0 Å². The summed E-state index contributed by atoms with van der Waals surface area (Å²) in [6.07, 6.45) is 1.96. The van der Waals surface area contributed by atoms with Gasteiger partial charge in [0, 0.05) is 14.3 Å². The van der Waals surface area contributed by atoms with Crippen LogP contribution in [0, 0.1) is 0 Å². The van der Waals surface area contributed by atoms with Crippen molar-refractivity contribution in [2.75, 3.05) is 20.8 Å². The van der Waals surface area contributed by atoms with Crippen LogP contribution in [0.4, 0.5) is 0 Å². The molecule has 0 saturated carbocycles. The predicted octanol–water partition coefficient (Wildman–Crippen LogP) is 5.36. The van der Waals surface area contributed by atoms with Gasteiger partial charge in [0.05, 0.1) is 26.4 Å². The maximum Gasteiger partial charge on any atom is 0.342 e. The predicted molar refractivity (Wildman–Crippen MR) is 114 cm³/mol. The zero-order valence-electron chi connectivity index (χ0n) is 15.8. The molecule has 0 radical (unpaired) electrons. The second-order valence-electron chi connectivity index (χ2n) is 5.52. The molecule has 0 amide bonds. The van der Waals surface area contributed by atoms with Gasteiger partial charge in [0.2, 0.25) is 0 Å². The summed E-state index contributed by atoms with van der Waals surface area (Å²) in [5.41, 5.74) is 1.15. The van der Waals surface area contributed by atoms with Crippen LogP contribution < -0.4 is 9.47 Å². The Labute approximate surface area is 183 Å². The van der Waals surface area contributed by atoms with E-state index in [2.05, 4.69) is 31.9 Å². The van der Waals surface area contributed by atoms with Crippen molar-refractivity contribution >= 4 is 55.1 Å². The minimum Gasteiger partial charge on any atom is -0.504 e. The summed E-state index contributed by atoms with van der Waals surface area (Å²) in [6, 6.07) is 6.68. The molecule has 1 aromatic heterocycles. The quantitative estimate of drug-likeness (QED) is 0.351. The van der Waals surface area contributed by atoms with Gasteiger partial charge in [-0.1, -0.05) is 31.9 Å². The summed E-state index contributed by atoms with van der Waals surface area (Å²) in [4.78, 5) is 22.1. The SMILES string of the molecule is CCOC(=O)c1coc2c(OC)cc(Br)cc12.COc1cc(Br)cc(C=O)c1O. The molecule has 0 saturated heterocycles. The summed E-state index contributed by atoms with van der Waals surface area (Å²) >= 11 is 6.54. The molecule has 29 heavy (non-hydrogen) atoms. The van der Waals surface area contributed by atoms with Crippen molar-refractivity contribution in [3.05, 3.63) is 50.6 Å². The molecule has 1 heterocycles. The number of halogens is 2. The van der Waals surface area contributed by atoms with E-state index >= 15 is 0 Å². The van der Waals surface area contributed by atoms with Crippen LogP contribution >= 0.6 is 31.9 Å². The van der Waals surface area contributed by atoms with Crippen molar-refractivity contribution in [3.8, 4) is 17.2 Å². The molecular weight excluding hydrogens is 512 g/mol. The molecule has 154 valence electrons. The molecule has 2 aromatic carbocycles. The summed E-state index contributed by atoms with van der Waals surface area (Å²) < 4.78 is 21.8. The number of phenolic OH excluding ortho intramolecular Hbond substituents is 1. The summed E-state index contributed by atoms with van der Waals surface area (Å²) in [5, 5.41) is 10.0. The van der Waals surface area contributed by atoms with Gasteiger partial charge < -0.3 is 23.7 Å². The van der Waals surface area contributed by atoms with Gasteiger partial charge in [-0.05, 0) is 31.2 Å². The molecule has 7 nitrogen and oxygen atoms in total. The summed E-state index contributed by atoms with van der Waals surface area (Å²) in [7, 11) is 2.98. The molecule has 0 bridgehead atoms. The minimum atomic E-state index is -0.397. The zero-order chi connectivity index (χ0) is 21.6. The second-order valence-corrected chi connectivity index (χ2v) is 7.35. The number of aldehydes is 1. The number of benzene rings is 2. The van der Waals surface area contributed by atoms with Crippen LogP contribution in [0.2, 0.25) is 0 Å². The standard InChI is InChI=1S/C12H11BrO4.C8H7BrO3/c1-3-16-12(14)9-6-17-11-8(9)4-7(13)5-10(11)15-2;1-12-7-3-6(9)2-5(4-10)8(7)11/h4-6H,3H2,1-2H3;2-4,11H,1H3. The van der Waals surface area contributed by atoms with E-state index in [1.54, 1.807) is 32.2 Å². The van der Waals surface area contributed by atoms with Crippen LogP contribution in [0.5, 0.6) is 17.2 Å². The lowest BCUT2D eigenvalue weighted by molar-refractivity contribution is 0.0527. The van der Waals surface area contributed by atoms with E-state index in [4.69, 9.17) is 18.6 Å². The molecule has 9 heteroatoms. The van der Waals surface area contributed by atoms with E-state index in [9.17, 15) is 14.7 Å². The zero-order valence-corrected chi connectivity index (χ0v) is 19.0. The first kappa shape index (κ1) is 22.8. The number of carbonyl (C=O) groups is 2. The van der Waals surface area contributed by atoms with Crippen molar-refractivity contribution < 1.29 is 33.3 Å². The molecule has 0 aliphatic carbocycles. The molecular formula is C20H18Br2O7. The highest BCUT2D eigenvalue weighted by Gasteiger charge is 2.18. The van der Waals surface area contributed by atoms with E-state index in [1.807, 2.05) is 0 Å². The average Bonchev–Trinajstić information content (AvgIpc) is 3.13. The monoisotopic (exact) mass is 528 g/mol. The molecule has 0 aliphatic rings. The Kier molecular flexibility index (Phi) is 8.10. The van der Waals surface area contributed by atoms with Gasteiger partial charge in [-0.3, -0.25) is 4.79 Å². The first-order valence-electron chi connectivity index (χ1n) is 8.29. The third-order valence-corrected chi connectivity index (χ3v) is 4.65. The highest BCUT2D eigenvalue weighted by atomic mass is 79.9. The van der Waals surface area contributed by atoms with Crippen LogP contribution in [0.15, 0.2) is 43.9 Å². The number of esters is 1. The Morgan fingerprint density at radius 3 is 2.31 bits per heavy atom. The van der Waals surface area contributed by atoms with Crippen LogP contribution in [0.1, 0.15) is 27.6 Å². The lowest BCUT2D eigenvalue weighted by Gasteiger charge is -2.05. The Morgan fingerprint density at radius 1 is 1.10 bits per heavy atom. The third-order valence-electron chi connectivity index (χ3n) is 3.74. The van der Waals surface area contributed by atoms with Crippen molar-refractivity contribution in [2.24, 2.45) is 0 Å². The molecule has 3 aromatic rings. The van der Waals surface area contributed by atoms with Crippen LogP contribution in [-0.4, -0.2) is 38.2 Å². The number of furan rings is 1. The molecule has 0 spiro atoms. The Hall–Kier alpha value is -2.52. The lowest BCUT2D eigenvalue weighted by atomic mass is 10.1. The number of hydrogen-bond donors (Lipinski definition) is 1. The molecule has 3 rings (SSSR count). The smallest absolute Gasteiger partial charge is 0.342 e. The number of rotatable bonds is 5. The Balaban J connectivity index is 0.000000221. The van der Waals surface area contributed by atoms with Gasteiger partial charge in [-0.15, -0.1) is 0 Å². The number of phenols is 1. The summed E-state index contributed by atoms with van der Waals surface area (Å²) in [6.45, 7) is 2.09. The maximum atomic E-state index is 11.7. The fourth-order valence-corrected chi connectivity index (χ4v) is 3.32. The van der Waals surface area contributed by atoms with E-state index in [0.29, 0.717) is 39.6 Å². The first-order valence-corrected chi connectivity index (χ1v) is 9.88. The Bertz CT molecular complexity index is 1030. The molecule has 0 atom stereocenters. The average molecular weight is 530 g/mol. The topological polar surface area (TPSA) is 95.2 Å². The molecule has 0 fully saturated rings. The second kappa shape index (κ2) is 10.3. The minimum absolute atomic E-state index is 0.129. The molecule has 0 unspecified atom stereocenters. The van der Waals surface area contributed by atoms with Crippen molar-refractivity contribution in [2.45, 2.75) is 6.92 Å². The summed E-state index contributed by atoms with van der Waals surface area (Å²) in [5.74, 6) is 0.332. The van der Waals surface area contributed by atoms with Crippen molar-refractivity contribution in [3.63, 3.8) is 0 Å². The number of carbonyl (C=O) groups excluding carboxylic acids is 2. The largest absolute Gasteiger partial charge is 0.504 e. The first-order chi connectivity index (χ1) is 13.9. The highest BCUT2D eigenvalue weighted by molar-refractivity contribution is 9.10. The van der Waals surface area contributed by atoms with Gasteiger partial charge in [-0.25, -0.2) is 4.79 Å². The van der Waals surface area contributed by atoms with Gasteiger partial charge in [0.15, 0.2) is 29.1 Å². The molecule has 0 aliphatic heterocycles. The van der Waals surface area contributed by atoms with Gasteiger partial charge in [0.25, 0.3) is 0 Å². The van der Waals surface area contributed by atoms with Gasteiger partial charge in [-0.2, -0.15) is 0 Å². The van der Waals surface area contributed by atoms with Gasteiger partial charge >= 0.3 is 5.97 Å². The van der Waals surface area contributed by atoms with E-state index in [1.165, 1.54) is 19.4 Å². The van der Waals surface area contributed by atoms with Crippen LogP contribution in [-0.2, 0) is 4.74 Å². The number of methoxy groups -OCH3 is 2. The number of hydrogen-bond acceptors (Lipinski definition) is 7. The maximum absolute atomic E-state index is 11.7. The Morgan fingerprint density at radius 2 is 1.72 bits per heavy atom. The fraction of sp³-hybridized carbons (Fsp3) is 0.200. The lowest BCUT2D eigenvalue weighted by Crippen LogP contribution is -2.03. The number of aromatic hydroxyl groups is 1. The normalized spacial score (nSPS) is 10.1. The van der Waals surface area contributed by atoms with E-state index in [-0.39, 0.29) is 17.1 Å². The van der Waals surface area contributed by atoms with Crippen molar-refractivity contribution in [1.82, 2.24) is 0 Å². The van der Waals surface area contributed by atoms with E-state index in [0.717, 1.165) is 4.47 Å². The van der Waals surface area contributed by atoms with Gasteiger partial charge in [0.1, 0.15) is 11.8 Å². The van der Waals surface area contributed by atoms with Crippen LogP contribution in [0.25, 0.3) is 11.0 Å². The van der Waals surface area contributed by atoms with E-state index < -0.39 is 5.97 Å². The third kappa shape index (κ3) is 5.30. The fourth-order valence-electron chi connectivity index (χ4n) is 2.43. The van der Waals surface area contributed by atoms with Crippen molar-refractivity contribution in [1.29, 1.82) is 0 Å². The number of fused-ring (bicyclic) bond motifs is 1.